The number of carbonyl (C=O) groups is 1. The van der Waals surface area contributed by atoms with Gasteiger partial charge in [-0.15, -0.1) is 0 Å². The number of carbonyl (C=O) groups excluding carboxylic acids is 1. The molecular weight excluding hydrogens is 370 g/mol. The van der Waals surface area contributed by atoms with Gasteiger partial charge in [0, 0.05) is 44.1 Å². The number of furan rings is 1. The van der Waals surface area contributed by atoms with E-state index < -0.39 is 0 Å². The zero-order valence-electron chi connectivity index (χ0n) is 15.6. The molecule has 5 rings (SSSR count). The fourth-order valence-corrected chi connectivity index (χ4v) is 3.68. The molecule has 0 aliphatic carbocycles. The molecule has 1 aromatic carbocycles. The first-order valence-electron chi connectivity index (χ1n) is 9.40. The maximum absolute atomic E-state index is 12.5. The number of amides is 1. The SMILES string of the molecule is O=C(c1ccco1)N1CCN(c2nccn3c(-c4cccc(O)c4)cnc23)CC1. The molecule has 0 spiro atoms. The van der Waals surface area contributed by atoms with E-state index in [1.807, 2.05) is 16.7 Å². The molecule has 0 unspecified atom stereocenters. The van der Waals surface area contributed by atoms with Crippen LogP contribution in [0.3, 0.4) is 0 Å². The molecule has 1 aliphatic heterocycles. The van der Waals surface area contributed by atoms with Crippen molar-refractivity contribution in [3.8, 4) is 17.0 Å². The second-order valence-electron chi connectivity index (χ2n) is 6.89. The molecule has 0 bridgehead atoms. The summed E-state index contributed by atoms with van der Waals surface area (Å²) in [6.45, 7) is 2.49. The van der Waals surface area contributed by atoms with Crippen LogP contribution in [0.4, 0.5) is 5.82 Å². The summed E-state index contributed by atoms with van der Waals surface area (Å²) >= 11 is 0. The number of nitrogens with zero attached hydrogens (tertiary/aromatic N) is 5. The highest BCUT2D eigenvalue weighted by Gasteiger charge is 2.26. The molecule has 1 fully saturated rings. The number of phenols is 1. The molecule has 4 heterocycles. The predicted octanol–water partition coefficient (Wildman–Crippen LogP) is 2.66. The lowest BCUT2D eigenvalue weighted by Crippen LogP contribution is -2.49. The summed E-state index contributed by atoms with van der Waals surface area (Å²) < 4.78 is 7.19. The highest BCUT2D eigenvalue weighted by atomic mass is 16.3. The lowest BCUT2D eigenvalue weighted by atomic mass is 10.1. The maximum Gasteiger partial charge on any atom is 0.289 e. The molecule has 29 heavy (non-hydrogen) atoms. The molecule has 1 saturated heterocycles. The molecular formula is C21H19N5O3. The van der Waals surface area contributed by atoms with E-state index in [4.69, 9.17) is 4.42 Å². The molecule has 1 aliphatic rings. The van der Waals surface area contributed by atoms with Crippen LogP contribution in [0.1, 0.15) is 10.6 Å². The van der Waals surface area contributed by atoms with Crippen LogP contribution in [0, 0.1) is 0 Å². The zero-order valence-corrected chi connectivity index (χ0v) is 15.6. The highest BCUT2D eigenvalue weighted by Crippen LogP contribution is 2.27. The van der Waals surface area contributed by atoms with E-state index in [1.165, 1.54) is 6.26 Å². The summed E-state index contributed by atoms with van der Waals surface area (Å²) in [7, 11) is 0. The number of phenolic OH excluding ortho intramolecular Hbond substituents is 1. The Kier molecular flexibility index (Phi) is 4.16. The molecule has 146 valence electrons. The highest BCUT2D eigenvalue weighted by molar-refractivity contribution is 5.91. The Labute approximate surface area is 166 Å². The molecule has 1 N–H and O–H groups in total. The summed E-state index contributed by atoms with van der Waals surface area (Å²) in [6.07, 6.45) is 6.90. The van der Waals surface area contributed by atoms with Gasteiger partial charge in [0.1, 0.15) is 5.75 Å². The Hall–Kier alpha value is -3.81. The summed E-state index contributed by atoms with van der Waals surface area (Å²) in [5, 5.41) is 9.79. The number of benzene rings is 1. The number of aromatic nitrogens is 3. The smallest absolute Gasteiger partial charge is 0.289 e. The maximum atomic E-state index is 12.5. The van der Waals surface area contributed by atoms with Crippen molar-refractivity contribution in [3.63, 3.8) is 0 Å². The van der Waals surface area contributed by atoms with E-state index in [2.05, 4.69) is 14.9 Å². The number of aromatic hydroxyl groups is 1. The monoisotopic (exact) mass is 389 g/mol. The van der Waals surface area contributed by atoms with Crippen molar-refractivity contribution >= 4 is 17.4 Å². The van der Waals surface area contributed by atoms with Crippen LogP contribution >= 0.6 is 0 Å². The third-order valence-electron chi connectivity index (χ3n) is 5.15. The Morgan fingerprint density at radius 3 is 2.69 bits per heavy atom. The fourth-order valence-electron chi connectivity index (χ4n) is 3.68. The average Bonchev–Trinajstić information content (AvgIpc) is 3.43. The van der Waals surface area contributed by atoms with Crippen LogP contribution < -0.4 is 4.90 Å². The van der Waals surface area contributed by atoms with Gasteiger partial charge < -0.3 is 19.3 Å². The van der Waals surface area contributed by atoms with E-state index in [1.54, 1.807) is 47.6 Å². The normalized spacial score (nSPS) is 14.5. The van der Waals surface area contributed by atoms with E-state index in [0.717, 1.165) is 22.7 Å². The first-order valence-corrected chi connectivity index (χ1v) is 9.40. The van der Waals surface area contributed by atoms with E-state index in [0.29, 0.717) is 31.9 Å². The van der Waals surface area contributed by atoms with Gasteiger partial charge in [-0.05, 0) is 24.3 Å². The molecule has 3 aromatic heterocycles. The minimum absolute atomic E-state index is 0.0900. The van der Waals surface area contributed by atoms with Gasteiger partial charge >= 0.3 is 0 Å². The average molecular weight is 389 g/mol. The lowest BCUT2D eigenvalue weighted by Gasteiger charge is -2.35. The standard InChI is InChI=1S/C21H19N5O3/c27-16-4-1-3-15(13-16)17-14-23-20-19(22-6-7-26(17)20)24-8-10-25(11-9-24)21(28)18-5-2-12-29-18/h1-7,12-14,27H,8-11H2. The lowest BCUT2D eigenvalue weighted by molar-refractivity contribution is 0.0714. The third kappa shape index (κ3) is 3.08. The molecule has 0 saturated carbocycles. The quantitative estimate of drug-likeness (QED) is 0.580. The Bertz CT molecular complexity index is 1160. The van der Waals surface area contributed by atoms with Crippen molar-refractivity contribution in [2.24, 2.45) is 0 Å². The van der Waals surface area contributed by atoms with Crippen LogP contribution in [-0.4, -0.2) is 56.5 Å². The number of anilines is 1. The summed E-state index contributed by atoms with van der Waals surface area (Å²) in [6, 6.07) is 10.5. The minimum Gasteiger partial charge on any atom is -0.508 e. The zero-order chi connectivity index (χ0) is 19.8. The predicted molar refractivity (Wildman–Crippen MR) is 107 cm³/mol. The number of fused-ring (bicyclic) bond motifs is 1. The van der Waals surface area contributed by atoms with Gasteiger partial charge in [0.2, 0.25) is 0 Å². The molecule has 8 nitrogen and oxygen atoms in total. The van der Waals surface area contributed by atoms with E-state index in [9.17, 15) is 9.90 Å². The van der Waals surface area contributed by atoms with Crippen LogP contribution in [0.25, 0.3) is 16.9 Å². The summed E-state index contributed by atoms with van der Waals surface area (Å²) in [5.41, 5.74) is 2.51. The van der Waals surface area contributed by atoms with Crippen LogP contribution in [-0.2, 0) is 0 Å². The first kappa shape index (κ1) is 17.3. The van der Waals surface area contributed by atoms with Gasteiger partial charge in [-0.1, -0.05) is 12.1 Å². The van der Waals surface area contributed by atoms with Crippen LogP contribution in [0.2, 0.25) is 0 Å². The van der Waals surface area contributed by atoms with Crippen molar-refractivity contribution in [1.29, 1.82) is 0 Å². The number of hydrogen-bond acceptors (Lipinski definition) is 6. The third-order valence-corrected chi connectivity index (χ3v) is 5.15. The number of piperazine rings is 1. The van der Waals surface area contributed by atoms with Gasteiger partial charge in [-0.25, -0.2) is 9.97 Å². The Morgan fingerprint density at radius 2 is 1.93 bits per heavy atom. The number of rotatable bonds is 3. The minimum atomic E-state index is -0.0900. The molecule has 0 atom stereocenters. The van der Waals surface area contributed by atoms with Gasteiger partial charge in [-0.3, -0.25) is 9.20 Å². The first-order chi connectivity index (χ1) is 14.2. The van der Waals surface area contributed by atoms with Crippen molar-refractivity contribution in [2.45, 2.75) is 0 Å². The fraction of sp³-hybridized carbons (Fsp3) is 0.190. The topological polar surface area (TPSA) is 87.1 Å². The van der Waals surface area contributed by atoms with Crippen molar-refractivity contribution in [1.82, 2.24) is 19.3 Å². The largest absolute Gasteiger partial charge is 0.508 e. The molecule has 0 radical (unpaired) electrons. The molecule has 8 heteroatoms. The second-order valence-corrected chi connectivity index (χ2v) is 6.89. The van der Waals surface area contributed by atoms with Gasteiger partial charge in [0.05, 0.1) is 18.2 Å². The molecule has 4 aromatic rings. The van der Waals surface area contributed by atoms with Gasteiger partial charge in [-0.2, -0.15) is 0 Å². The summed E-state index contributed by atoms with van der Waals surface area (Å²) in [4.78, 5) is 25.5. The summed E-state index contributed by atoms with van der Waals surface area (Å²) in [5.74, 6) is 1.27. The second kappa shape index (κ2) is 6.97. The number of hydrogen-bond donors (Lipinski definition) is 1. The van der Waals surface area contributed by atoms with Crippen molar-refractivity contribution in [3.05, 3.63) is 67.0 Å². The number of imidazole rings is 1. The van der Waals surface area contributed by atoms with E-state index >= 15 is 0 Å². The Morgan fingerprint density at radius 1 is 1.07 bits per heavy atom. The van der Waals surface area contributed by atoms with Crippen LogP contribution in [0.5, 0.6) is 5.75 Å². The van der Waals surface area contributed by atoms with Crippen molar-refractivity contribution < 1.29 is 14.3 Å². The van der Waals surface area contributed by atoms with Gasteiger partial charge in [0.25, 0.3) is 5.91 Å². The van der Waals surface area contributed by atoms with Crippen molar-refractivity contribution in [2.75, 3.05) is 31.1 Å². The van der Waals surface area contributed by atoms with E-state index in [-0.39, 0.29) is 11.7 Å². The van der Waals surface area contributed by atoms with Gasteiger partial charge in [0.15, 0.2) is 17.2 Å². The Balaban J connectivity index is 1.40. The molecule has 1 amide bonds. The van der Waals surface area contributed by atoms with Crippen LogP contribution in [0.15, 0.2) is 65.7 Å².